The second-order valence-electron chi connectivity index (χ2n) is 6.05. The van der Waals surface area contributed by atoms with Crippen molar-refractivity contribution in [1.82, 2.24) is 14.8 Å². The largest absolute Gasteiger partial charge is 0.397 e. The number of H-pyrrole nitrogens is 1. The van der Waals surface area contributed by atoms with E-state index < -0.39 is 0 Å². The van der Waals surface area contributed by atoms with Gasteiger partial charge in [0.15, 0.2) is 0 Å². The maximum atomic E-state index is 12.8. The number of nitrogens with zero attached hydrogens (tertiary/aromatic N) is 2. The van der Waals surface area contributed by atoms with Crippen molar-refractivity contribution in [2.45, 2.75) is 18.9 Å². The van der Waals surface area contributed by atoms with Crippen molar-refractivity contribution in [1.29, 1.82) is 0 Å². The van der Waals surface area contributed by atoms with E-state index in [1.54, 1.807) is 0 Å². The standard InChI is InChI=1S/C16H22N4O/c1-19(2)10-12-6-4-8-20(12)16(21)14-9-11-5-3-7-13(17)15(11)18-14/h3,5,7,9,12,18H,4,6,8,10,17H2,1-2H3. The summed E-state index contributed by atoms with van der Waals surface area (Å²) in [5, 5.41) is 0.988. The minimum atomic E-state index is 0.0787. The van der Waals surface area contributed by atoms with E-state index in [0.717, 1.165) is 36.8 Å². The van der Waals surface area contributed by atoms with Gasteiger partial charge in [-0.25, -0.2) is 0 Å². The first-order valence-corrected chi connectivity index (χ1v) is 7.39. The third kappa shape index (κ3) is 2.61. The molecule has 1 atom stereocenters. The molecule has 1 aromatic heterocycles. The molecule has 5 heteroatoms. The number of carbonyl (C=O) groups is 1. The van der Waals surface area contributed by atoms with Crippen LogP contribution in [0.2, 0.25) is 0 Å². The van der Waals surface area contributed by atoms with Crippen molar-refractivity contribution in [3.05, 3.63) is 30.0 Å². The molecule has 5 nitrogen and oxygen atoms in total. The van der Waals surface area contributed by atoms with Gasteiger partial charge in [0.25, 0.3) is 5.91 Å². The number of nitrogens with one attached hydrogen (secondary N) is 1. The van der Waals surface area contributed by atoms with E-state index in [2.05, 4.69) is 9.88 Å². The molecule has 0 spiro atoms. The van der Waals surface area contributed by atoms with Gasteiger partial charge in [-0.15, -0.1) is 0 Å². The summed E-state index contributed by atoms with van der Waals surface area (Å²) in [5.74, 6) is 0.0787. The molecule has 3 rings (SSSR count). The predicted octanol–water partition coefficient (Wildman–Crippen LogP) is 1.92. The quantitative estimate of drug-likeness (QED) is 0.847. The molecule has 112 valence electrons. The maximum absolute atomic E-state index is 12.8. The molecule has 1 fully saturated rings. The van der Waals surface area contributed by atoms with Gasteiger partial charge in [-0.05, 0) is 39.1 Å². The van der Waals surface area contributed by atoms with Gasteiger partial charge in [-0.2, -0.15) is 0 Å². The van der Waals surface area contributed by atoms with Crippen molar-refractivity contribution in [3.63, 3.8) is 0 Å². The number of aromatic nitrogens is 1. The summed E-state index contributed by atoms with van der Waals surface area (Å²) in [6.07, 6.45) is 2.15. The molecule has 1 saturated heterocycles. The highest BCUT2D eigenvalue weighted by Crippen LogP contribution is 2.25. The SMILES string of the molecule is CN(C)CC1CCCN1C(=O)c1cc2cccc(N)c2[nH]1. The zero-order valence-electron chi connectivity index (χ0n) is 12.6. The van der Waals surface area contributed by atoms with Crippen LogP contribution in [-0.4, -0.2) is 53.9 Å². The Morgan fingerprint density at radius 1 is 1.48 bits per heavy atom. The molecular weight excluding hydrogens is 264 g/mol. The van der Waals surface area contributed by atoms with Crippen LogP contribution in [0.5, 0.6) is 0 Å². The van der Waals surface area contributed by atoms with Crippen LogP contribution >= 0.6 is 0 Å². The number of hydrogen-bond donors (Lipinski definition) is 2. The Kier molecular flexibility index (Phi) is 3.59. The molecule has 1 aliphatic heterocycles. The molecule has 3 N–H and O–H groups in total. The molecule has 2 heterocycles. The minimum absolute atomic E-state index is 0.0787. The van der Waals surface area contributed by atoms with Gasteiger partial charge in [0.05, 0.1) is 11.2 Å². The summed E-state index contributed by atoms with van der Waals surface area (Å²) >= 11 is 0. The summed E-state index contributed by atoms with van der Waals surface area (Å²) < 4.78 is 0. The zero-order chi connectivity index (χ0) is 15.0. The van der Waals surface area contributed by atoms with E-state index in [1.165, 1.54) is 0 Å². The Bertz CT molecular complexity index is 661. The van der Waals surface area contributed by atoms with Gasteiger partial charge < -0.3 is 20.5 Å². The van der Waals surface area contributed by atoms with E-state index in [9.17, 15) is 4.79 Å². The van der Waals surface area contributed by atoms with Crippen LogP contribution in [0.4, 0.5) is 5.69 Å². The highest BCUT2D eigenvalue weighted by molar-refractivity contribution is 6.01. The van der Waals surface area contributed by atoms with Gasteiger partial charge in [0, 0.05) is 24.5 Å². The lowest BCUT2D eigenvalue weighted by Gasteiger charge is -2.26. The monoisotopic (exact) mass is 286 g/mol. The number of carbonyl (C=O) groups excluding carboxylic acids is 1. The van der Waals surface area contributed by atoms with Gasteiger partial charge in [-0.3, -0.25) is 4.79 Å². The van der Waals surface area contributed by atoms with Crippen LogP contribution in [0.3, 0.4) is 0 Å². The lowest BCUT2D eigenvalue weighted by Crippen LogP contribution is -2.41. The molecule has 0 radical (unpaired) electrons. The third-order valence-corrected chi connectivity index (χ3v) is 4.13. The molecule has 2 aromatic rings. The van der Waals surface area contributed by atoms with Crippen molar-refractivity contribution >= 4 is 22.5 Å². The first-order valence-electron chi connectivity index (χ1n) is 7.39. The number of fused-ring (bicyclic) bond motifs is 1. The van der Waals surface area contributed by atoms with E-state index in [4.69, 9.17) is 5.73 Å². The van der Waals surface area contributed by atoms with Crippen LogP contribution in [0.1, 0.15) is 23.3 Å². The van der Waals surface area contributed by atoms with Crippen LogP contribution < -0.4 is 5.73 Å². The van der Waals surface area contributed by atoms with Crippen molar-refractivity contribution in [2.24, 2.45) is 0 Å². The number of nitrogen functional groups attached to an aromatic ring is 1. The molecule has 0 bridgehead atoms. The summed E-state index contributed by atoms with van der Waals surface area (Å²) in [6.45, 7) is 1.75. The second-order valence-corrected chi connectivity index (χ2v) is 6.05. The van der Waals surface area contributed by atoms with Crippen molar-refractivity contribution < 1.29 is 4.79 Å². The molecule has 21 heavy (non-hydrogen) atoms. The van der Waals surface area contributed by atoms with Gasteiger partial charge in [0.1, 0.15) is 5.69 Å². The number of anilines is 1. The average Bonchev–Trinajstić information content (AvgIpc) is 3.04. The minimum Gasteiger partial charge on any atom is -0.397 e. The number of likely N-dealkylation sites (N-methyl/N-ethyl adjacent to an activating group) is 1. The lowest BCUT2D eigenvalue weighted by molar-refractivity contribution is 0.0711. The number of rotatable bonds is 3. The Labute approximate surface area is 124 Å². The highest BCUT2D eigenvalue weighted by atomic mass is 16.2. The number of nitrogens with two attached hydrogens (primary N) is 1. The van der Waals surface area contributed by atoms with E-state index >= 15 is 0 Å². The molecule has 1 amide bonds. The fourth-order valence-electron chi connectivity index (χ4n) is 3.16. The smallest absolute Gasteiger partial charge is 0.270 e. The van der Waals surface area contributed by atoms with Crippen LogP contribution in [-0.2, 0) is 0 Å². The Morgan fingerprint density at radius 2 is 2.29 bits per heavy atom. The lowest BCUT2D eigenvalue weighted by atomic mass is 10.2. The number of benzene rings is 1. The summed E-state index contributed by atoms with van der Waals surface area (Å²) in [6, 6.07) is 7.93. The molecule has 0 saturated carbocycles. The van der Waals surface area contributed by atoms with Crippen molar-refractivity contribution in [2.75, 3.05) is 32.9 Å². The number of para-hydroxylation sites is 1. The second kappa shape index (κ2) is 5.41. The molecule has 1 unspecified atom stereocenters. The Morgan fingerprint density at radius 3 is 3.00 bits per heavy atom. The van der Waals surface area contributed by atoms with Gasteiger partial charge in [-0.1, -0.05) is 12.1 Å². The number of amides is 1. The molecule has 1 aliphatic rings. The predicted molar refractivity (Wildman–Crippen MR) is 85.3 cm³/mol. The molecule has 0 aliphatic carbocycles. The van der Waals surface area contributed by atoms with E-state index in [1.807, 2.05) is 43.3 Å². The maximum Gasteiger partial charge on any atom is 0.270 e. The average molecular weight is 286 g/mol. The summed E-state index contributed by atoms with van der Waals surface area (Å²) in [4.78, 5) is 20.1. The normalized spacial score (nSPS) is 18.8. The highest BCUT2D eigenvalue weighted by Gasteiger charge is 2.30. The molecule has 1 aromatic carbocycles. The first-order chi connectivity index (χ1) is 10.1. The number of aromatic amines is 1. The third-order valence-electron chi connectivity index (χ3n) is 4.13. The van der Waals surface area contributed by atoms with Crippen LogP contribution in [0, 0.1) is 0 Å². The zero-order valence-corrected chi connectivity index (χ0v) is 12.6. The Balaban J connectivity index is 1.87. The van der Waals surface area contributed by atoms with E-state index in [-0.39, 0.29) is 5.91 Å². The van der Waals surface area contributed by atoms with Gasteiger partial charge in [0.2, 0.25) is 0 Å². The fourth-order valence-corrected chi connectivity index (χ4v) is 3.16. The summed E-state index contributed by atoms with van der Waals surface area (Å²) in [7, 11) is 4.09. The van der Waals surface area contributed by atoms with E-state index in [0.29, 0.717) is 17.4 Å². The van der Waals surface area contributed by atoms with Crippen LogP contribution in [0.15, 0.2) is 24.3 Å². The fraction of sp³-hybridized carbons (Fsp3) is 0.438. The summed E-state index contributed by atoms with van der Waals surface area (Å²) in [5.41, 5.74) is 8.12. The van der Waals surface area contributed by atoms with Crippen molar-refractivity contribution in [3.8, 4) is 0 Å². The first kappa shape index (κ1) is 13.9. The topological polar surface area (TPSA) is 65.4 Å². The number of hydrogen-bond acceptors (Lipinski definition) is 3. The Hall–Kier alpha value is -2.01. The van der Waals surface area contributed by atoms with Gasteiger partial charge >= 0.3 is 0 Å². The molecular formula is C16H22N4O. The van der Waals surface area contributed by atoms with Crippen LogP contribution in [0.25, 0.3) is 10.9 Å². The number of likely N-dealkylation sites (tertiary alicyclic amines) is 1.